The summed E-state index contributed by atoms with van der Waals surface area (Å²) in [7, 11) is 0. The fourth-order valence-electron chi connectivity index (χ4n) is 1.74. The van der Waals surface area contributed by atoms with Crippen LogP contribution in [0.2, 0.25) is 0 Å². The lowest BCUT2D eigenvalue weighted by atomic mass is 9.99. The minimum Gasteiger partial charge on any atom is -0.384 e. The molecule has 0 aliphatic rings. The van der Waals surface area contributed by atoms with Gasteiger partial charge in [0.2, 0.25) is 0 Å². The molecule has 0 saturated heterocycles. The summed E-state index contributed by atoms with van der Waals surface area (Å²) in [6.45, 7) is 1.55. The van der Waals surface area contributed by atoms with Crippen molar-refractivity contribution in [2.75, 3.05) is 0 Å². The van der Waals surface area contributed by atoms with Gasteiger partial charge in [0.05, 0.1) is 0 Å². The molecule has 0 aliphatic carbocycles. The van der Waals surface area contributed by atoms with Gasteiger partial charge in [-0.15, -0.1) is 0 Å². The molecule has 4 heteroatoms. The smallest absolute Gasteiger partial charge is 0.132 e. The lowest BCUT2D eigenvalue weighted by Crippen LogP contribution is -2.03. The lowest BCUT2D eigenvalue weighted by molar-refractivity contribution is 0.214. The van der Waals surface area contributed by atoms with Crippen molar-refractivity contribution in [2.24, 2.45) is 0 Å². The largest absolute Gasteiger partial charge is 0.384 e. The predicted molar refractivity (Wildman–Crippen MR) is 61.6 cm³/mol. The third-order valence-electron chi connectivity index (χ3n) is 2.75. The molecule has 0 radical (unpaired) electrons. The first-order valence-electron chi connectivity index (χ1n) is 5.38. The molecule has 0 aromatic heterocycles. The van der Waals surface area contributed by atoms with Crippen LogP contribution < -0.4 is 0 Å². The van der Waals surface area contributed by atoms with E-state index in [1.165, 1.54) is 24.3 Å². The fraction of sp³-hybridized carbons (Fsp3) is 0.143. The minimum absolute atomic E-state index is 0.0394. The monoisotopic (exact) mass is 252 g/mol. The SMILES string of the molecule is Cc1cc(C(O)c2ccc(F)cc2F)ccc1F. The van der Waals surface area contributed by atoms with Gasteiger partial charge in [-0.3, -0.25) is 0 Å². The molecule has 0 fully saturated rings. The molecule has 2 rings (SSSR count). The van der Waals surface area contributed by atoms with Crippen LogP contribution in [-0.4, -0.2) is 5.11 Å². The van der Waals surface area contributed by atoms with Crippen LogP contribution in [0.25, 0.3) is 0 Å². The molecular weight excluding hydrogens is 241 g/mol. The highest BCUT2D eigenvalue weighted by atomic mass is 19.1. The van der Waals surface area contributed by atoms with Crippen molar-refractivity contribution in [3.8, 4) is 0 Å². The zero-order valence-corrected chi connectivity index (χ0v) is 9.62. The second kappa shape index (κ2) is 4.82. The average Bonchev–Trinajstić information content (AvgIpc) is 2.32. The predicted octanol–water partition coefficient (Wildman–Crippen LogP) is 3.49. The van der Waals surface area contributed by atoms with Crippen LogP contribution in [0.4, 0.5) is 13.2 Å². The van der Waals surface area contributed by atoms with Crippen LogP contribution in [0.5, 0.6) is 0 Å². The highest BCUT2D eigenvalue weighted by Gasteiger charge is 2.16. The molecule has 2 aromatic carbocycles. The molecule has 1 nitrogen and oxygen atoms in total. The van der Waals surface area contributed by atoms with Gasteiger partial charge < -0.3 is 5.11 Å². The Balaban J connectivity index is 2.41. The third kappa shape index (κ3) is 2.38. The Morgan fingerprint density at radius 3 is 2.28 bits per heavy atom. The first-order valence-corrected chi connectivity index (χ1v) is 5.38. The number of aliphatic hydroxyl groups is 1. The molecule has 0 bridgehead atoms. The van der Waals surface area contributed by atoms with Gasteiger partial charge in [0.25, 0.3) is 0 Å². The Morgan fingerprint density at radius 2 is 1.67 bits per heavy atom. The van der Waals surface area contributed by atoms with E-state index in [0.717, 1.165) is 6.07 Å². The van der Waals surface area contributed by atoms with Gasteiger partial charge in [-0.05, 0) is 30.2 Å². The van der Waals surface area contributed by atoms with E-state index in [1.807, 2.05) is 0 Å². The number of aliphatic hydroxyl groups excluding tert-OH is 1. The number of halogens is 3. The normalized spacial score (nSPS) is 12.5. The van der Waals surface area contributed by atoms with Crippen LogP contribution in [0.3, 0.4) is 0 Å². The van der Waals surface area contributed by atoms with Crippen molar-refractivity contribution < 1.29 is 18.3 Å². The molecular formula is C14H11F3O. The number of benzene rings is 2. The summed E-state index contributed by atoms with van der Waals surface area (Å²) >= 11 is 0. The Labute approximate surface area is 103 Å². The Kier molecular flexibility index (Phi) is 3.39. The van der Waals surface area contributed by atoms with Gasteiger partial charge >= 0.3 is 0 Å². The van der Waals surface area contributed by atoms with Crippen molar-refractivity contribution in [2.45, 2.75) is 13.0 Å². The summed E-state index contributed by atoms with van der Waals surface area (Å²) in [4.78, 5) is 0. The van der Waals surface area contributed by atoms with Gasteiger partial charge in [-0.25, -0.2) is 13.2 Å². The zero-order chi connectivity index (χ0) is 13.3. The Hall–Kier alpha value is -1.81. The number of aryl methyl sites for hydroxylation is 1. The van der Waals surface area contributed by atoms with Crippen molar-refractivity contribution in [1.82, 2.24) is 0 Å². The molecule has 1 N–H and O–H groups in total. The van der Waals surface area contributed by atoms with E-state index in [-0.39, 0.29) is 5.56 Å². The number of rotatable bonds is 2. The molecule has 2 aromatic rings. The Morgan fingerprint density at radius 1 is 0.944 bits per heavy atom. The summed E-state index contributed by atoms with van der Waals surface area (Å²) in [6, 6.07) is 6.95. The molecule has 0 amide bonds. The minimum atomic E-state index is -1.25. The first kappa shape index (κ1) is 12.6. The molecule has 0 aliphatic heterocycles. The summed E-state index contributed by atoms with van der Waals surface area (Å²) < 4.78 is 39.3. The van der Waals surface area contributed by atoms with Crippen LogP contribution in [0, 0.1) is 24.4 Å². The van der Waals surface area contributed by atoms with Crippen LogP contribution in [0.1, 0.15) is 22.8 Å². The van der Waals surface area contributed by atoms with E-state index in [2.05, 4.69) is 0 Å². The van der Waals surface area contributed by atoms with Crippen LogP contribution >= 0.6 is 0 Å². The standard InChI is InChI=1S/C14H11F3O/c1-8-6-9(2-5-12(8)16)14(18)11-4-3-10(15)7-13(11)17/h2-7,14,18H,1H3. The first-order chi connectivity index (χ1) is 8.49. The summed E-state index contributed by atoms with van der Waals surface area (Å²) in [5, 5.41) is 9.99. The van der Waals surface area contributed by atoms with E-state index < -0.39 is 23.6 Å². The second-order valence-electron chi connectivity index (χ2n) is 4.08. The molecule has 1 atom stereocenters. The van der Waals surface area contributed by atoms with Crippen LogP contribution in [0.15, 0.2) is 36.4 Å². The van der Waals surface area contributed by atoms with E-state index >= 15 is 0 Å². The number of hydrogen-bond acceptors (Lipinski definition) is 1. The van der Waals surface area contributed by atoms with E-state index in [4.69, 9.17) is 0 Å². The van der Waals surface area contributed by atoms with Gasteiger partial charge in [-0.1, -0.05) is 18.2 Å². The fourth-order valence-corrected chi connectivity index (χ4v) is 1.74. The highest BCUT2D eigenvalue weighted by Crippen LogP contribution is 2.26. The average molecular weight is 252 g/mol. The second-order valence-corrected chi connectivity index (χ2v) is 4.08. The summed E-state index contributed by atoms with van der Waals surface area (Å²) in [5.41, 5.74) is 0.677. The summed E-state index contributed by atoms with van der Waals surface area (Å²) in [6.07, 6.45) is -1.25. The van der Waals surface area contributed by atoms with Crippen molar-refractivity contribution in [3.63, 3.8) is 0 Å². The van der Waals surface area contributed by atoms with Crippen molar-refractivity contribution in [3.05, 3.63) is 70.5 Å². The topological polar surface area (TPSA) is 20.2 Å². The van der Waals surface area contributed by atoms with Crippen molar-refractivity contribution >= 4 is 0 Å². The molecule has 94 valence electrons. The quantitative estimate of drug-likeness (QED) is 0.867. The van der Waals surface area contributed by atoms with Gasteiger partial charge in [0, 0.05) is 11.6 Å². The molecule has 0 saturated carbocycles. The van der Waals surface area contributed by atoms with Crippen molar-refractivity contribution in [1.29, 1.82) is 0 Å². The Bertz CT molecular complexity index is 581. The maximum Gasteiger partial charge on any atom is 0.132 e. The highest BCUT2D eigenvalue weighted by molar-refractivity contribution is 5.33. The molecule has 1 unspecified atom stereocenters. The van der Waals surface area contributed by atoms with Crippen LogP contribution in [-0.2, 0) is 0 Å². The zero-order valence-electron chi connectivity index (χ0n) is 9.62. The number of hydrogen-bond donors (Lipinski definition) is 1. The molecule has 18 heavy (non-hydrogen) atoms. The molecule has 0 heterocycles. The van der Waals surface area contributed by atoms with Gasteiger partial charge in [-0.2, -0.15) is 0 Å². The van der Waals surface area contributed by atoms with Gasteiger partial charge in [0.1, 0.15) is 23.6 Å². The lowest BCUT2D eigenvalue weighted by Gasteiger charge is -2.13. The van der Waals surface area contributed by atoms with E-state index in [9.17, 15) is 18.3 Å². The summed E-state index contributed by atoms with van der Waals surface area (Å²) in [5.74, 6) is -1.94. The molecule has 0 spiro atoms. The van der Waals surface area contributed by atoms with E-state index in [0.29, 0.717) is 17.2 Å². The maximum atomic E-state index is 13.5. The van der Waals surface area contributed by atoms with Gasteiger partial charge in [0.15, 0.2) is 0 Å². The van der Waals surface area contributed by atoms with E-state index in [1.54, 1.807) is 6.92 Å². The third-order valence-corrected chi connectivity index (χ3v) is 2.75. The maximum absolute atomic E-state index is 13.5.